The summed E-state index contributed by atoms with van der Waals surface area (Å²) in [5.74, 6) is -0.0764. The quantitative estimate of drug-likeness (QED) is 0.843. The van der Waals surface area contributed by atoms with Crippen molar-refractivity contribution < 1.29 is 4.79 Å². The molecule has 0 radical (unpaired) electrons. The van der Waals surface area contributed by atoms with Gasteiger partial charge in [0, 0.05) is 24.8 Å². The van der Waals surface area contributed by atoms with Crippen LogP contribution >= 0.6 is 0 Å². The summed E-state index contributed by atoms with van der Waals surface area (Å²) in [5, 5.41) is 7.02. The summed E-state index contributed by atoms with van der Waals surface area (Å²) in [5.41, 5.74) is 8.29. The Morgan fingerprint density at radius 1 is 1.37 bits per heavy atom. The third-order valence-corrected chi connectivity index (χ3v) is 2.84. The molecule has 1 aromatic carbocycles. The maximum atomic E-state index is 11.9. The molecule has 0 unspecified atom stereocenters. The number of carbonyl (C=O) groups excluding carboxylic acids is 1. The molecule has 1 aromatic heterocycles. The molecule has 0 saturated heterocycles. The van der Waals surface area contributed by atoms with E-state index in [9.17, 15) is 4.79 Å². The molecule has 0 saturated carbocycles. The van der Waals surface area contributed by atoms with Gasteiger partial charge in [0.15, 0.2) is 0 Å². The van der Waals surface area contributed by atoms with E-state index in [-0.39, 0.29) is 5.91 Å². The lowest BCUT2D eigenvalue weighted by atomic mass is 10.1. The molecule has 5 heteroatoms. The molecule has 19 heavy (non-hydrogen) atoms. The largest absolute Gasteiger partial charge is 0.350 e. The second kappa shape index (κ2) is 6.15. The predicted octanol–water partition coefficient (Wildman–Crippen LogP) is 1.08. The van der Waals surface area contributed by atoms with Gasteiger partial charge >= 0.3 is 0 Å². The number of carbonyl (C=O) groups is 1. The van der Waals surface area contributed by atoms with Crippen LogP contribution in [0.25, 0.3) is 0 Å². The summed E-state index contributed by atoms with van der Waals surface area (Å²) in [6, 6.07) is 7.31. The number of aryl methyl sites for hydroxylation is 1. The highest BCUT2D eigenvalue weighted by atomic mass is 16.1. The molecule has 0 bridgehead atoms. The van der Waals surface area contributed by atoms with E-state index in [1.807, 2.05) is 29.9 Å². The van der Waals surface area contributed by atoms with E-state index >= 15 is 0 Å². The molecule has 100 valence electrons. The van der Waals surface area contributed by atoms with E-state index in [1.54, 1.807) is 18.3 Å². The van der Waals surface area contributed by atoms with E-state index in [4.69, 9.17) is 5.73 Å². The van der Waals surface area contributed by atoms with Crippen LogP contribution in [0, 0.1) is 6.92 Å². The van der Waals surface area contributed by atoms with Crippen LogP contribution < -0.4 is 11.1 Å². The van der Waals surface area contributed by atoms with Crippen molar-refractivity contribution in [2.45, 2.75) is 20.0 Å². The van der Waals surface area contributed by atoms with Crippen molar-refractivity contribution in [2.75, 3.05) is 6.54 Å². The maximum Gasteiger partial charge on any atom is 0.251 e. The number of nitrogens with two attached hydrogens (primary N) is 1. The number of hydrogen-bond acceptors (Lipinski definition) is 3. The zero-order valence-corrected chi connectivity index (χ0v) is 11.0. The first-order valence-electron chi connectivity index (χ1n) is 6.25. The Bertz CT molecular complexity index is 545. The second-order valence-electron chi connectivity index (χ2n) is 4.44. The van der Waals surface area contributed by atoms with Crippen molar-refractivity contribution in [2.24, 2.45) is 5.73 Å². The van der Waals surface area contributed by atoms with Gasteiger partial charge in [-0.25, -0.2) is 0 Å². The van der Waals surface area contributed by atoms with Gasteiger partial charge in [0.2, 0.25) is 0 Å². The Kier molecular flexibility index (Phi) is 4.30. The lowest BCUT2D eigenvalue weighted by molar-refractivity contribution is 0.0952. The van der Waals surface area contributed by atoms with Crippen LogP contribution in [0.2, 0.25) is 0 Å². The molecule has 0 aliphatic heterocycles. The molecule has 0 fully saturated rings. The fraction of sp³-hybridized carbons (Fsp3) is 0.286. The third-order valence-electron chi connectivity index (χ3n) is 2.84. The molecule has 0 atom stereocenters. The predicted molar refractivity (Wildman–Crippen MR) is 73.6 cm³/mol. The topological polar surface area (TPSA) is 72.9 Å². The smallest absolute Gasteiger partial charge is 0.251 e. The minimum atomic E-state index is -0.0764. The zero-order chi connectivity index (χ0) is 13.7. The summed E-state index contributed by atoms with van der Waals surface area (Å²) in [4.78, 5) is 11.9. The zero-order valence-electron chi connectivity index (χ0n) is 11.0. The van der Waals surface area contributed by atoms with Gasteiger partial charge in [0.1, 0.15) is 0 Å². The summed E-state index contributed by atoms with van der Waals surface area (Å²) in [7, 11) is 0. The summed E-state index contributed by atoms with van der Waals surface area (Å²) in [6.45, 7) is 3.70. The highest BCUT2D eigenvalue weighted by Crippen LogP contribution is 2.03. The van der Waals surface area contributed by atoms with Gasteiger partial charge in [0.05, 0.1) is 12.7 Å². The van der Waals surface area contributed by atoms with Gasteiger partial charge in [-0.1, -0.05) is 12.1 Å². The number of aromatic nitrogens is 2. The summed E-state index contributed by atoms with van der Waals surface area (Å²) >= 11 is 0. The maximum absolute atomic E-state index is 11.9. The SMILES string of the molecule is Cc1cnn(CCNC(=O)c2ccc(CN)cc2)c1. The summed E-state index contributed by atoms with van der Waals surface area (Å²) in [6.07, 6.45) is 3.75. The standard InChI is InChI=1S/C14H18N4O/c1-11-9-17-18(10-11)7-6-16-14(19)13-4-2-12(8-15)3-5-13/h2-5,9-10H,6-8,15H2,1H3,(H,16,19). The minimum Gasteiger partial charge on any atom is -0.350 e. The van der Waals surface area contributed by atoms with Crippen LogP contribution in [0.3, 0.4) is 0 Å². The first-order valence-corrected chi connectivity index (χ1v) is 6.25. The Hall–Kier alpha value is -2.14. The molecular formula is C14H18N4O. The van der Waals surface area contributed by atoms with Crippen molar-refractivity contribution in [1.29, 1.82) is 0 Å². The average molecular weight is 258 g/mol. The van der Waals surface area contributed by atoms with Gasteiger partial charge in [-0.2, -0.15) is 5.10 Å². The van der Waals surface area contributed by atoms with Crippen LogP contribution in [0.15, 0.2) is 36.7 Å². The van der Waals surface area contributed by atoms with Gasteiger partial charge in [-0.05, 0) is 30.2 Å². The van der Waals surface area contributed by atoms with Crippen LogP contribution in [-0.2, 0) is 13.1 Å². The Balaban J connectivity index is 1.83. The Morgan fingerprint density at radius 3 is 2.68 bits per heavy atom. The number of benzene rings is 1. The van der Waals surface area contributed by atoms with Crippen LogP contribution in [0.5, 0.6) is 0 Å². The molecule has 0 spiro atoms. The molecule has 0 aliphatic carbocycles. The Morgan fingerprint density at radius 2 is 2.11 bits per heavy atom. The molecule has 0 aliphatic rings. The first kappa shape index (κ1) is 13.3. The normalized spacial score (nSPS) is 10.4. The average Bonchev–Trinajstić information content (AvgIpc) is 2.84. The number of rotatable bonds is 5. The first-order chi connectivity index (χ1) is 9.19. The van der Waals surface area contributed by atoms with E-state index in [1.165, 1.54) is 0 Å². The lowest BCUT2D eigenvalue weighted by Crippen LogP contribution is -2.27. The fourth-order valence-corrected chi connectivity index (χ4v) is 1.77. The van der Waals surface area contributed by atoms with E-state index in [0.29, 0.717) is 25.2 Å². The van der Waals surface area contributed by atoms with Gasteiger partial charge in [-0.15, -0.1) is 0 Å². The highest BCUT2D eigenvalue weighted by Gasteiger charge is 2.04. The molecule has 2 rings (SSSR count). The van der Waals surface area contributed by atoms with E-state index in [2.05, 4.69) is 10.4 Å². The van der Waals surface area contributed by atoms with E-state index in [0.717, 1.165) is 11.1 Å². The third kappa shape index (κ3) is 3.66. The molecule has 2 aromatic rings. The number of nitrogens with one attached hydrogen (secondary N) is 1. The van der Waals surface area contributed by atoms with E-state index < -0.39 is 0 Å². The van der Waals surface area contributed by atoms with Crippen molar-refractivity contribution in [3.8, 4) is 0 Å². The van der Waals surface area contributed by atoms with Crippen molar-refractivity contribution >= 4 is 5.91 Å². The second-order valence-corrected chi connectivity index (χ2v) is 4.44. The van der Waals surface area contributed by atoms with Crippen molar-refractivity contribution in [3.63, 3.8) is 0 Å². The molecular weight excluding hydrogens is 240 g/mol. The summed E-state index contributed by atoms with van der Waals surface area (Å²) < 4.78 is 1.81. The molecule has 3 N–H and O–H groups in total. The Labute approximate surface area is 112 Å². The molecule has 1 amide bonds. The minimum absolute atomic E-state index is 0.0764. The van der Waals surface area contributed by atoms with Gasteiger partial charge in [0.25, 0.3) is 5.91 Å². The fourth-order valence-electron chi connectivity index (χ4n) is 1.77. The number of nitrogens with zero attached hydrogens (tertiary/aromatic N) is 2. The monoisotopic (exact) mass is 258 g/mol. The number of amides is 1. The van der Waals surface area contributed by atoms with Gasteiger partial charge in [-0.3, -0.25) is 9.48 Å². The van der Waals surface area contributed by atoms with Crippen LogP contribution in [-0.4, -0.2) is 22.2 Å². The lowest BCUT2D eigenvalue weighted by Gasteiger charge is -2.06. The van der Waals surface area contributed by atoms with Crippen LogP contribution in [0.1, 0.15) is 21.5 Å². The van der Waals surface area contributed by atoms with Gasteiger partial charge < -0.3 is 11.1 Å². The highest BCUT2D eigenvalue weighted by molar-refractivity contribution is 5.94. The van der Waals surface area contributed by atoms with Crippen LogP contribution in [0.4, 0.5) is 0 Å². The number of hydrogen-bond donors (Lipinski definition) is 2. The van der Waals surface area contributed by atoms with Crippen molar-refractivity contribution in [3.05, 3.63) is 53.3 Å². The van der Waals surface area contributed by atoms with Crippen molar-refractivity contribution in [1.82, 2.24) is 15.1 Å². The molecule has 1 heterocycles. The molecule has 5 nitrogen and oxygen atoms in total.